The van der Waals surface area contributed by atoms with Gasteiger partial charge in [0.15, 0.2) is 23.1 Å². The molecule has 0 saturated carbocycles. The van der Waals surface area contributed by atoms with Crippen LogP contribution in [0.1, 0.15) is 24.6 Å². The number of amides is 2. The third kappa shape index (κ3) is 4.85. The molecule has 12 nitrogen and oxygen atoms in total. The molecule has 0 aromatic carbocycles. The zero-order chi connectivity index (χ0) is 28.0. The van der Waals surface area contributed by atoms with E-state index >= 15 is 4.39 Å². The number of nitrogens with one attached hydrogen (secondary N) is 1. The summed E-state index contributed by atoms with van der Waals surface area (Å²) in [4.78, 5) is 40.1. The van der Waals surface area contributed by atoms with Gasteiger partial charge in [-0.1, -0.05) is 0 Å². The van der Waals surface area contributed by atoms with Crippen LogP contribution in [0.3, 0.4) is 0 Å². The monoisotopic (exact) mass is 543 g/mol. The van der Waals surface area contributed by atoms with Crippen molar-refractivity contribution in [2.45, 2.75) is 18.9 Å². The normalized spacial score (nSPS) is 20.5. The van der Waals surface area contributed by atoms with Crippen LogP contribution in [0, 0.1) is 17.5 Å². The first-order valence-electron chi connectivity index (χ1n) is 13.3. The highest BCUT2D eigenvalue weighted by atomic mass is 19.1. The third-order valence-electron chi connectivity index (χ3n) is 7.54. The molecule has 3 fully saturated rings. The van der Waals surface area contributed by atoms with E-state index in [2.05, 4.69) is 25.3 Å². The Bertz CT molecular complexity index is 1450. The number of aromatic nitrogens is 4. The van der Waals surface area contributed by atoms with Gasteiger partial charge in [-0.15, -0.1) is 5.10 Å². The highest BCUT2D eigenvalue weighted by Crippen LogP contribution is 2.33. The quantitative estimate of drug-likeness (QED) is 0.483. The standard InChI is InChI=1S/C25H29F2N9O3/c26-16-9-30-23-20(22(28)32-36(23)12-16)24(37)31-19-11-29-10-18(27)21(19)34-3-1-15(2-4-34)25(38)35-7-5-33(6-8-35)17-13-39-14-17/h9-12,15,17H,1-8,13-14H2,(H2,28,32)(H,31,37)/i15D,20+1. The molecule has 206 valence electrons. The number of carbonyl (C=O) groups excluding carboxylic acids is 2. The molecule has 6 rings (SSSR count). The number of anilines is 3. The summed E-state index contributed by atoms with van der Waals surface area (Å²) >= 11 is 0. The van der Waals surface area contributed by atoms with Crippen molar-refractivity contribution in [3.8, 4) is 0 Å². The van der Waals surface area contributed by atoms with Gasteiger partial charge in [-0.3, -0.25) is 19.5 Å². The highest BCUT2D eigenvalue weighted by molar-refractivity contribution is 6.12. The molecule has 14 heteroatoms. The van der Waals surface area contributed by atoms with Gasteiger partial charge in [0.1, 0.15) is 11.3 Å². The zero-order valence-electron chi connectivity index (χ0n) is 22.1. The number of carbonyl (C=O) groups is 2. The summed E-state index contributed by atoms with van der Waals surface area (Å²) in [5.41, 5.74) is 6.04. The van der Waals surface area contributed by atoms with Gasteiger partial charge in [0.2, 0.25) is 5.91 Å². The molecule has 39 heavy (non-hydrogen) atoms. The highest BCUT2D eigenvalue weighted by Gasteiger charge is 2.34. The smallest absolute Gasteiger partial charge is 0.263 e. The topological polar surface area (TPSA) is 134 Å². The molecule has 0 unspecified atom stereocenters. The Kier molecular flexibility index (Phi) is 6.40. The first-order valence-corrected chi connectivity index (χ1v) is 12.8. The molecule has 0 aliphatic carbocycles. The van der Waals surface area contributed by atoms with Crippen molar-refractivity contribution in [1.82, 2.24) is 29.4 Å². The van der Waals surface area contributed by atoms with Gasteiger partial charge in [-0.25, -0.2) is 18.3 Å². The van der Waals surface area contributed by atoms with Crippen LogP contribution < -0.4 is 16.0 Å². The maximum Gasteiger partial charge on any atom is 0.263 e. The van der Waals surface area contributed by atoms with Crippen molar-refractivity contribution < 1.29 is 24.5 Å². The van der Waals surface area contributed by atoms with E-state index in [-0.39, 0.29) is 60.2 Å². The van der Waals surface area contributed by atoms with Gasteiger partial charge in [-0.2, -0.15) is 0 Å². The molecule has 3 N–H and O–H groups in total. The van der Waals surface area contributed by atoms with E-state index in [4.69, 9.17) is 11.8 Å². The van der Waals surface area contributed by atoms with Gasteiger partial charge in [0.05, 0.1) is 49.7 Å². The summed E-state index contributed by atoms with van der Waals surface area (Å²) in [6, 6.07) is 0.416. The maximum atomic E-state index is 15.1. The molecule has 3 aromatic rings. The second kappa shape index (κ2) is 10.3. The fourth-order valence-electron chi connectivity index (χ4n) is 5.33. The number of piperazine rings is 1. The Morgan fingerprint density at radius 3 is 2.51 bits per heavy atom. The van der Waals surface area contributed by atoms with E-state index in [9.17, 15) is 14.0 Å². The molecule has 0 spiro atoms. The number of fused-ring (bicyclic) bond motifs is 1. The number of nitrogen functional groups attached to an aromatic ring is 1. The minimum absolute atomic E-state index is 0.0413. The van der Waals surface area contributed by atoms with Gasteiger partial charge in [0.25, 0.3) is 5.91 Å². The van der Waals surface area contributed by atoms with Crippen molar-refractivity contribution in [3.63, 3.8) is 0 Å². The van der Waals surface area contributed by atoms with Crippen LogP contribution in [0.5, 0.6) is 0 Å². The molecule has 3 aliphatic heterocycles. The molecule has 6 heterocycles. The third-order valence-corrected chi connectivity index (χ3v) is 7.54. The second-order valence-corrected chi connectivity index (χ2v) is 9.88. The van der Waals surface area contributed by atoms with Crippen LogP contribution >= 0.6 is 0 Å². The Morgan fingerprint density at radius 2 is 1.82 bits per heavy atom. The largest absolute Gasteiger partial charge is 0.381 e. The molecule has 2 amide bonds. The lowest BCUT2D eigenvalue weighted by molar-refractivity contribution is -0.140. The summed E-state index contributed by atoms with van der Waals surface area (Å²) < 4.78 is 43.9. The number of nitrogens with zero attached hydrogens (tertiary/aromatic N) is 7. The minimum atomic E-state index is -1.31. The number of piperidine rings is 1. The number of nitrogens with two attached hydrogens (primary N) is 1. The molecule has 0 atom stereocenters. The second-order valence-electron chi connectivity index (χ2n) is 9.88. The van der Waals surface area contributed by atoms with E-state index < -0.39 is 23.4 Å². The summed E-state index contributed by atoms with van der Waals surface area (Å²) in [6.07, 6.45) is 4.73. The fraction of sp³-hybridized carbons (Fsp3) is 0.480. The van der Waals surface area contributed by atoms with Gasteiger partial charge in [0, 0.05) is 46.5 Å². The number of hydrogen-bond acceptors (Lipinski definition) is 9. The van der Waals surface area contributed by atoms with Crippen molar-refractivity contribution in [2.24, 2.45) is 5.89 Å². The summed E-state index contributed by atoms with van der Waals surface area (Å²) in [5, 5.41) is 6.55. The average Bonchev–Trinajstić information content (AvgIpc) is 3.23. The lowest BCUT2D eigenvalue weighted by Crippen LogP contribution is -2.58. The molecule has 0 radical (unpaired) electrons. The SMILES string of the molecule is [2H]C1(C(=O)N2CCN(C3COC3)CC2)CCN(c2c(F)cncc2NC(=O)[13c]2c(N)nn3cc(F)cnc23)CC1. The van der Waals surface area contributed by atoms with Crippen molar-refractivity contribution in [2.75, 3.05) is 68.4 Å². The lowest BCUT2D eigenvalue weighted by Gasteiger charge is -2.43. The number of pyridine rings is 1. The first kappa shape index (κ1) is 24.2. The molecule has 3 aliphatic rings. The Morgan fingerprint density at radius 1 is 1.08 bits per heavy atom. The van der Waals surface area contributed by atoms with Crippen LogP contribution in [0.15, 0.2) is 24.8 Å². The van der Waals surface area contributed by atoms with E-state index in [0.29, 0.717) is 19.1 Å². The van der Waals surface area contributed by atoms with Crippen LogP contribution in [-0.2, 0) is 9.53 Å². The molecule has 3 aromatic heterocycles. The number of hydrogen-bond donors (Lipinski definition) is 2. The Labute approximate surface area is 224 Å². The minimum Gasteiger partial charge on any atom is -0.381 e. The lowest BCUT2D eigenvalue weighted by atomic mass is 9.94. The fourth-order valence-corrected chi connectivity index (χ4v) is 5.33. The van der Waals surface area contributed by atoms with Crippen LogP contribution in [0.4, 0.5) is 26.0 Å². The average molecular weight is 544 g/mol. The van der Waals surface area contributed by atoms with Crippen molar-refractivity contribution in [3.05, 3.63) is 42.0 Å². The predicted octanol–water partition coefficient (Wildman–Crippen LogP) is 0.996. The molecular weight excluding hydrogens is 513 g/mol. The molecular formula is C25H29F2N9O3. The predicted molar refractivity (Wildman–Crippen MR) is 137 cm³/mol. The summed E-state index contributed by atoms with van der Waals surface area (Å²) in [7, 11) is 0. The van der Waals surface area contributed by atoms with E-state index in [1.807, 2.05) is 0 Å². The zero-order valence-corrected chi connectivity index (χ0v) is 21.1. The maximum absolute atomic E-state index is 15.1. The van der Waals surface area contributed by atoms with Gasteiger partial charge in [-0.05, 0) is 12.8 Å². The molecule has 3 saturated heterocycles. The van der Waals surface area contributed by atoms with Gasteiger partial charge >= 0.3 is 0 Å². The Balaban J connectivity index is 1.14. The number of ether oxygens (including phenoxy) is 1. The van der Waals surface area contributed by atoms with E-state index in [0.717, 1.165) is 49.4 Å². The Hall–Kier alpha value is -3.91. The van der Waals surface area contributed by atoms with Crippen LogP contribution in [0.25, 0.3) is 5.65 Å². The van der Waals surface area contributed by atoms with Crippen molar-refractivity contribution in [1.29, 1.82) is 0 Å². The summed E-state index contributed by atoms with van der Waals surface area (Å²) in [5.74, 6) is -3.71. The van der Waals surface area contributed by atoms with E-state index in [1.54, 1.807) is 9.80 Å². The number of rotatable bonds is 5. The van der Waals surface area contributed by atoms with E-state index in [1.165, 1.54) is 6.20 Å². The summed E-state index contributed by atoms with van der Waals surface area (Å²) in [6.45, 7) is 4.58. The van der Waals surface area contributed by atoms with Gasteiger partial charge < -0.3 is 25.6 Å². The first-order chi connectivity index (χ1) is 19.2. The van der Waals surface area contributed by atoms with Crippen molar-refractivity contribution >= 4 is 34.7 Å². The number of halogens is 2. The molecule has 0 bridgehead atoms. The van der Waals surface area contributed by atoms with Crippen LogP contribution in [-0.4, -0.2) is 99.7 Å². The van der Waals surface area contributed by atoms with Crippen LogP contribution in [0.2, 0.25) is 0 Å².